The highest BCUT2D eigenvalue weighted by Crippen LogP contribution is 2.40. The first kappa shape index (κ1) is 22.4. The van der Waals surface area contributed by atoms with Crippen molar-refractivity contribution in [2.24, 2.45) is 20.0 Å². The second kappa shape index (κ2) is 8.83. The molecular formula is C23H29N3O5. The maximum Gasteiger partial charge on any atom is 0.336 e. The highest BCUT2D eigenvalue weighted by atomic mass is 16.5. The number of nitrogens with zero attached hydrogens (tertiary/aromatic N) is 2. The third-order valence-corrected chi connectivity index (χ3v) is 5.28. The molecule has 1 aliphatic heterocycles. The molecule has 1 N–H and O–H groups in total. The first-order valence-corrected chi connectivity index (χ1v) is 10.3. The molecule has 0 bridgehead atoms. The van der Waals surface area contributed by atoms with Gasteiger partial charge in [-0.2, -0.15) is 0 Å². The van der Waals surface area contributed by atoms with Crippen LogP contribution in [0.2, 0.25) is 0 Å². The number of anilines is 1. The first-order valence-electron chi connectivity index (χ1n) is 10.3. The lowest BCUT2D eigenvalue weighted by Gasteiger charge is -2.31. The van der Waals surface area contributed by atoms with Crippen LogP contribution in [0.15, 0.2) is 45.1 Å². The van der Waals surface area contributed by atoms with Gasteiger partial charge in [-0.05, 0) is 37.5 Å². The minimum absolute atomic E-state index is 0.173. The van der Waals surface area contributed by atoms with Crippen LogP contribution in [0, 0.1) is 5.92 Å². The van der Waals surface area contributed by atoms with E-state index in [4.69, 9.17) is 9.47 Å². The van der Waals surface area contributed by atoms with Crippen molar-refractivity contribution < 1.29 is 14.3 Å². The van der Waals surface area contributed by atoms with Gasteiger partial charge in [0, 0.05) is 19.8 Å². The number of nitrogens with one attached hydrogen (secondary N) is 1. The molecule has 1 aromatic carbocycles. The van der Waals surface area contributed by atoms with E-state index in [1.54, 1.807) is 26.1 Å². The monoisotopic (exact) mass is 427 g/mol. The number of fused-ring (bicyclic) bond motifs is 1. The fourth-order valence-electron chi connectivity index (χ4n) is 3.73. The fraction of sp³-hybridized carbons (Fsp3) is 0.435. The van der Waals surface area contributed by atoms with E-state index in [2.05, 4.69) is 5.32 Å². The number of carbonyl (C=O) groups is 1. The van der Waals surface area contributed by atoms with Crippen LogP contribution in [-0.4, -0.2) is 28.3 Å². The Morgan fingerprint density at radius 1 is 1.13 bits per heavy atom. The molecule has 31 heavy (non-hydrogen) atoms. The molecule has 1 aromatic heterocycles. The Balaban J connectivity index is 2.23. The van der Waals surface area contributed by atoms with Gasteiger partial charge in [0.15, 0.2) is 0 Å². The van der Waals surface area contributed by atoms with Gasteiger partial charge < -0.3 is 14.8 Å². The molecule has 1 aliphatic rings. The van der Waals surface area contributed by atoms with Crippen LogP contribution >= 0.6 is 0 Å². The highest BCUT2D eigenvalue weighted by molar-refractivity contribution is 5.94. The van der Waals surface area contributed by atoms with Crippen LogP contribution in [0.25, 0.3) is 0 Å². The van der Waals surface area contributed by atoms with E-state index in [1.165, 1.54) is 11.6 Å². The van der Waals surface area contributed by atoms with Gasteiger partial charge in [-0.15, -0.1) is 0 Å². The Hall–Kier alpha value is -3.29. The molecule has 0 fully saturated rings. The second-order valence-corrected chi connectivity index (χ2v) is 8.06. The van der Waals surface area contributed by atoms with Gasteiger partial charge in [0.05, 0.1) is 30.3 Å². The van der Waals surface area contributed by atoms with E-state index in [1.807, 2.05) is 32.9 Å². The molecule has 0 saturated carbocycles. The standard InChI is InChI=1S/C23H29N3O5/c1-7-30-16-10-8-15(9-11-16)18-17(22(28)31-12-13(2)3)14(4)24-20-19(18)21(27)26(6)23(29)25(20)5/h8-11,13,18,24H,7,12H2,1-6H3. The molecule has 0 spiro atoms. The zero-order valence-corrected chi connectivity index (χ0v) is 18.8. The van der Waals surface area contributed by atoms with Gasteiger partial charge in [-0.1, -0.05) is 26.0 Å². The van der Waals surface area contributed by atoms with E-state index in [-0.39, 0.29) is 12.5 Å². The molecule has 8 heteroatoms. The normalized spacial score (nSPS) is 15.5. The minimum atomic E-state index is -0.683. The van der Waals surface area contributed by atoms with Crippen molar-refractivity contribution in [2.45, 2.75) is 33.6 Å². The van der Waals surface area contributed by atoms with Gasteiger partial charge >= 0.3 is 11.7 Å². The summed E-state index contributed by atoms with van der Waals surface area (Å²) >= 11 is 0. The van der Waals surface area contributed by atoms with E-state index in [0.29, 0.717) is 35.0 Å². The van der Waals surface area contributed by atoms with Crippen LogP contribution in [0.3, 0.4) is 0 Å². The number of ether oxygens (including phenoxy) is 2. The SMILES string of the molecule is CCOc1ccc(C2C(C(=O)OCC(C)C)=C(C)Nc3c2c(=O)n(C)c(=O)n3C)cc1. The van der Waals surface area contributed by atoms with Crippen molar-refractivity contribution in [3.8, 4) is 5.75 Å². The summed E-state index contributed by atoms with van der Waals surface area (Å²) in [6.07, 6.45) is 0. The summed E-state index contributed by atoms with van der Waals surface area (Å²) in [6.45, 7) is 8.36. The van der Waals surface area contributed by atoms with Crippen LogP contribution in [0.4, 0.5) is 5.82 Å². The molecule has 3 rings (SSSR count). The molecule has 1 atom stereocenters. The van der Waals surface area contributed by atoms with Gasteiger partial charge in [-0.3, -0.25) is 13.9 Å². The lowest BCUT2D eigenvalue weighted by atomic mass is 9.82. The zero-order valence-electron chi connectivity index (χ0n) is 18.8. The summed E-state index contributed by atoms with van der Waals surface area (Å²) in [4.78, 5) is 38.8. The molecule has 0 saturated heterocycles. The van der Waals surface area contributed by atoms with E-state index >= 15 is 0 Å². The van der Waals surface area contributed by atoms with Gasteiger partial charge in [-0.25, -0.2) is 9.59 Å². The van der Waals surface area contributed by atoms with Crippen molar-refractivity contribution in [1.82, 2.24) is 9.13 Å². The number of rotatable bonds is 6. The summed E-state index contributed by atoms with van der Waals surface area (Å²) in [7, 11) is 3.03. The summed E-state index contributed by atoms with van der Waals surface area (Å²) in [5.74, 6) is 0.0749. The van der Waals surface area contributed by atoms with E-state index < -0.39 is 23.1 Å². The predicted octanol–water partition coefficient (Wildman–Crippen LogP) is 2.51. The zero-order chi connectivity index (χ0) is 22.9. The van der Waals surface area contributed by atoms with E-state index in [9.17, 15) is 14.4 Å². The second-order valence-electron chi connectivity index (χ2n) is 8.06. The lowest BCUT2D eigenvalue weighted by Crippen LogP contribution is -2.43. The highest BCUT2D eigenvalue weighted by Gasteiger charge is 2.37. The largest absolute Gasteiger partial charge is 0.494 e. The Morgan fingerprint density at radius 3 is 2.35 bits per heavy atom. The first-order chi connectivity index (χ1) is 14.7. The van der Waals surface area contributed by atoms with Crippen molar-refractivity contribution in [3.63, 3.8) is 0 Å². The van der Waals surface area contributed by atoms with Crippen molar-refractivity contribution in [1.29, 1.82) is 0 Å². The average Bonchev–Trinajstić information content (AvgIpc) is 2.74. The van der Waals surface area contributed by atoms with Gasteiger partial charge in [0.1, 0.15) is 11.6 Å². The number of allylic oxidation sites excluding steroid dienone is 1. The van der Waals surface area contributed by atoms with E-state index in [0.717, 1.165) is 10.1 Å². The summed E-state index contributed by atoms with van der Waals surface area (Å²) in [5, 5.41) is 3.09. The number of esters is 1. The fourth-order valence-corrected chi connectivity index (χ4v) is 3.73. The van der Waals surface area contributed by atoms with Crippen molar-refractivity contribution >= 4 is 11.8 Å². The predicted molar refractivity (Wildman–Crippen MR) is 118 cm³/mol. The Bertz CT molecular complexity index is 1140. The maximum absolute atomic E-state index is 13.2. The number of aromatic nitrogens is 2. The van der Waals surface area contributed by atoms with Crippen LogP contribution < -0.4 is 21.3 Å². The molecule has 8 nitrogen and oxygen atoms in total. The summed E-state index contributed by atoms with van der Waals surface area (Å²) in [6, 6.07) is 7.27. The van der Waals surface area contributed by atoms with Crippen molar-refractivity contribution in [2.75, 3.05) is 18.5 Å². The number of hydrogen-bond acceptors (Lipinski definition) is 6. The van der Waals surface area contributed by atoms with Crippen molar-refractivity contribution in [3.05, 3.63) is 67.5 Å². The Morgan fingerprint density at radius 2 is 1.77 bits per heavy atom. The van der Waals surface area contributed by atoms with Crippen LogP contribution in [-0.2, 0) is 23.6 Å². The van der Waals surface area contributed by atoms with Crippen LogP contribution in [0.1, 0.15) is 44.7 Å². The number of carbonyl (C=O) groups excluding carboxylic acids is 1. The maximum atomic E-state index is 13.2. The van der Waals surface area contributed by atoms with Gasteiger partial charge in [0.25, 0.3) is 5.56 Å². The van der Waals surface area contributed by atoms with Crippen LogP contribution in [0.5, 0.6) is 5.75 Å². The molecule has 1 unspecified atom stereocenters. The molecule has 2 aromatic rings. The quantitative estimate of drug-likeness (QED) is 0.713. The Labute approximate surface area is 181 Å². The molecule has 0 radical (unpaired) electrons. The third-order valence-electron chi connectivity index (χ3n) is 5.28. The Kier molecular flexibility index (Phi) is 6.38. The smallest absolute Gasteiger partial charge is 0.336 e. The number of benzene rings is 1. The topological polar surface area (TPSA) is 91.6 Å². The third kappa shape index (κ3) is 4.15. The summed E-state index contributed by atoms with van der Waals surface area (Å²) < 4.78 is 13.5. The van der Waals surface area contributed by atoms with Gasteiger partial charge in [0.2, 0.25) is 0 Å². The molecule has 0 aliphatic carbocycles. The summed E-state index contributed by atoms with van der Waals surface area (Å²) in [5.41, 5.74) is 1.07. The average molecular weight is 428 g/mol. The molecule has 2 heterocycles. The molecule has 0 amide bonds. The molecule has 166 valence electrons. The minimum Gasteiger partial charge on any atom is -0.494 e. The number of hydrogen-bond donors (Lipinski definition) is 1. The lowest BCUT2D eigenvalue weighted by molar-refractivity contribution is -0.140. The molecular weight excluding hydrogens is 398 g/mol.